The van der Waals surface area contributed by atoms with Crippen molar-refractivity contribution < 1.29 is 9.29 Å². The number of quaternary nitrogens is 1. The van der Waals surface area contributed by atoms with Gasteiger partial charge in [-0.25, -0.2) is 9.18 Å². The third-order valence-corrected chi connectivity index (χ3v) is 4.89. The third kappa shape index (κ3) is 3.54. The molecular weight excluding hydrogens is 357 g/mol. The van der Waals surface area contributed by atoms with Gasteiger partial charge in [-0.3, -0.25) is 0 Å². The second-order valence-corrected chi connectivity index (χ2v) is 6.93. The minimum Gasteiger partial charge on any atom is -0.310 e. The van der Waals surface area contributed by atoms with Gasteiger partial charge in [0.25, 0.3) is 0 Å². The Bertz CT molecular complexity index is 964. The molecule has 0 bridgehead atoms. The van der Waals surface area contributed by atoms with Gasteiger partial charge >= 0.3 is 5.69 Å². The maximum atomic E-state index is 13.1. The Morgan fingerprint density at radius 1 is 1.12 bits per heavy atom. The topological polar surface area (TPSA) is 57.1 Å². The molecule has 0 amide bonds. The van der Waals surface area contributed by atoms with Gasteiger partial charge in [0.2, 0.25) is 0 Å². The van der Waals surface area contributed by atoms with Gasteiger partial charge in [-0.1, -0.05) is 35.9 Å². The second kappa shape index (κ2) is 7.01. The van der Waals surface area contributed by atoms with Crippen LogP contribution >= 0.6 is 11.6 Å². The number of nitrogens with zero attached hydrogens (tertiary/aromatic N) is 4. The fourth-order valence-corrected chi connectivity index (χ4v) is 3.24. The van der Waals surface area contributed by atoms with Crippen LogP contribution in [-0.4, -0.2) is 25.8 Å². The van der Waals surface area contributed by atoms with Gasteiger partial charge in [0.05, 0.1) is 16.8 Å². The molecule has 8 heteroatoms. The van der Waals surface area contributed by atoms with Gasteiger partial charge in [-0.05, 0) is 34.7 Å². The Kier molecular flexibility index (Phi) is 4.57. The van der Waals surface area contributed by atoms with E-state index in [1.54, 1.807) is 36.4 Å². The number of tetrazole rings is 1. The summed E-state index contributed by atoms with van der Waals surface area (Å²) in [5.41, 5.74) is 1.21. The molecular formula is C18H18ClFN5O+. The summed E-state index contributed by atoms with van der Waals surface area (Å²) >= 11 is 6.15. The van der Waals surface area contributed by atoms with E-state index in [1.165, 1.54) is 26.4 Å². The summed E-state index contributed by atoms with van der Waals surface area (Å²) in [4.78, 5) is 13.9. The maximum Gasteiger partial charge on any atom is 0.373 e. The third-order valence-electron chi connectivity index (χ3n) is 4.57. The summed E-state index contributed by atoms with van der Waals surface area (Å²) in [6.07, 6.45) is 2.23. The van der Waals surface area contributed by atoms with Crippen molar-refractivity contribution in [1.82, 2.24) is 19.8 Å². The zero-order valence-electron chi connectivity index (χ0n) is 14.0. The predicted molar refractivity (Wildman–Crippen MR) is 94.7 cm³/mol. The molecule has 0 spiro atoms. The Labute approximate surface area is 154 Å². The van der Waals surface area contributed by atoms with E-state index in [-0.39, 0.29) is 11.5 Å². The molecule has 1 unspecified atom stereocenters. The molecule has 1 aromatic heterocycles. The molecule has 2 aromatic carbocycles. The van der Waals surface area contributed by atoms with Crippen LogP contribution in [-0.2, 0) is 13.2 Å². The molecule has 26 heavy (non-hydrogen) atoms. The smallest absolute Gasteiger partial charge is 0.310 e. The first-order chi connectivity index (χ1) is 12.6. The number of nitrogens with one attached hydrogen (secondary N) is 1. The highest BCUT2D eigenvalue weighted by atomic mass is 35.5. The molecule has 6 nitrogen and oxygen atoms in total. The van der Waals surface area contributed by atoms with E-state index in [4.69, 9.17) is 11.6 Å². The summed E-state index contributed by atoms with van der Waals surface area (Å²) in [6, 6.07) is 14.0. The quantitative estimate of drug-likeness (QED) is 0.710. The van der Waals surface area contributed by atoms with Gasteiger partial charge in [0, 0.05) is 18.4 Å². The second-order valence-electron chi connectivity index (χ2n) is 6.52. The van der Waals surface area contributed by atoms with E-state index in [1.807, 2.05) is 0 Å². The summed E-state index contributed by atoms with van der Waals surface area (Å²) in [5, 5.41) is 8.43. The monoisotopic (exact) mass is 374 g/mol. The molecule has 1 atom stereocenters. The fraction of sp³-hybridized carbons (Fsp3) is 0.278. The molecule has 1 fully saturated rings. The minimum atomic E-state index is -0.324. The van der Waals surface area contributed by atoms with E-state index in [0.29, 0.717) is 30.0 Å². The zero-order valence-corrected chi connectivity index (χ0v) is 14.7. The van der Waals surface area contributed by atoms with Crippen LogP contribution in [0.1, 0.15) is 18.4 Å². The summed E-state index contributed by atoms with van der Waals surface area (Å²) < 4.78 is 15.7. The molecule has 3 aromatic rings. The molecule has 1 N–H and O–H groups in total. The van der Waals surface area contributed by atoms with E-state index < -0.39 is 0 Å². The lowest BCUT2D eigenvalue weighted by molar-refractivity contribution is -0.947. The first-order valence-electron chi connectivity index (χ1n) is 8.48. The molecule has 1 aliphatic rings. The first kappa shape index (κ1) is 16.9. The van der Waals surface area contributed by atoms with Gasteiger partial charge in [0.1, 0.15) is 12.4 Å². The van der Waals surface area contributed by atoms with Crippen molar-refractivity contribution in [3.05, 3.63) is 75.4 Å². The number of para-hydroxylation sites is 1. The lowest BCUT2D eigenvalue weighted by atomic mass is 10.2. The van der Waals surface area contributed by atoms with Crippen LogP contribution in [0.2, 0.25) is 5.02 Å². The molecule has 1 saturated carbocycles. The maximum absolute atomic E-state index is 13.1. The molecule has 1 heterocycles. The van der Waals surface area contributed by atoms with Gasteiger partial charge in [0.15, 0.2) is 6.67 Å². The minimum absolute atomic E-state index is 0.249. The highest BCUT2D eigenvalue weighted by molar-refractivity contribution is 6.32. The molecule has 134 valence electrons. The standard InChI is InChI=1S/C18H17ClFN5O/c19-16-3-1-2-4-17(16)25-18(26)24(21-22-25)12-23(15-9-10-15)11-13-5-7-14(20)8-6-13/h1-8,15H,9-12H2/p+1. The van der Waals surface area contributed by atoms with E-state index in [2.05, 4.69) is 10.4 Å². The normalized spacial score (nSPS) is 15.2. The van der Waals surface area contributed by atoms with E-state index in [9.17, 15) is 9.18 Å². The molecule has 0 saturated heterocycles. The van der Waals surface area contributed by atoms with Crippen LogP contribution in [0.4, 0.5) is 4.39 Å². The molecule has 4 rings (SSSR count). The van der Waals surface area contributed by atoms with Crippen LogP contribution < -0.4 is 10.6 Å². The Hall–Kier alpha value is -2.51. The number of halogens is 2. The van der Waals surface area contributed by atoms with Gasteiger partial charge in [-0.15, -0.1) is 4.68 Å². The van der Waals surface area contributed by atoms with Crippen molar-refractivity contribution >= 4 is 11.6 Å². The van der Waals surface area contributed by atoms with Crippen LogP contribution in [0.3, 0.4) is 0 Å². The predicted octanol–water partition coefficient (Wildman–Crippen LogP) is 1.43. The number of hydrogen-bond donors (Lipinski definition) is 1. The van der Waals surface area contributed by atoms with Gasteiger partial charge < -0.3 is 4.90 Å². The Balaban J connectivity index is 1.56. The Morgan fingerprint density at radius 3 is 2.54 bits per heavy atom. The lowest BCUT2D eigenvalue weighted by Crippen LogP contribution is -3.11. The van der Waals surface area contributed by atoms with Crippen molar-refractivity contribution in [3.8, 4) is 5.69 Å². The average Bonchev–Trinajstić information content (AvgIpc) is 3.42. The first-order valence-corrected chi connectivity index (χ1v) is 8.86. The van der Waals surface area contributed by atoms with Crippen molar-refractivity contribution in [1.29, 1.82) is 0 Å². The average molecular weight is 375 g/mol. The number of hydrogen-bond acceptors (Lipinski definition) is 3. The van der Waals surface area contributed by atoms with Crippen molar-refractivity contribution in [2.45, 2.75) is 32.1 Å². The summed E-state index contributed by atoms with van der Waals surface area (Å²) in [5.74, 6) is -0.249. The highest BCUT2D eigenvalue weighted by Gasteiger charge is 2.34. The van der Waals surface area contributed by atoms with Crippen molar-refractivity contribution in [2.24, 2.45) is 0 Å². The van der Waals surface area contributed by atoms with Crippen LogP contribution in [0.15, 0.2) is 53.3 Å². The van der Waals surface area contributed by atoms with Gasteiger partial charge in [-0.2, -0.15) is 4.68 Å². The highest BCUT2D eigenvalue weighted by Crippen LogP contribution is 2.17. The number of benzene rings is 2. The lowest BCUT2D eigenvalue weighted by Gasteiger charge is -2.18. The summed E-state index contributed by atoms with van der Waals surface area (Å²) in [6.45, 7) is 1.11. The van der Waals surface area contributed by atoms with Crippen molar-refractivity contribution in [2.75, 3.05) is 0 Å². The number of rotatable bonds is 6. The number of aromatic nitrogens is 4. The van der Waals surface area contributed by atoms with Crippen LogP contribution in [0.5, 0.6) is 0 Å². The molecule has 1 aliphatic carbocycles. The van der Waals surface area contributed by atoms with E-state index >= 15 is 0 Å². The SMILES string of the molecule is O=c1n(C[NH+](Cc2ccc(F)cc2)C2CC2)nnn1-c1ccccc1Cl. The van der Waals surface area contributed by atoms with Crippen molar-refractivity contribution in [3.63, 3.8) is 0 Å². The molecule has 0 radical (unpaired) electrons. The van der Waals surface area contributed by atoms with E-state index in [0.717, 1.165) is 18.4 Å². The summed E-state index contributed by atoms with van der Waals surface area (Å²) in [7, 11) is 0. The largest absolute Gasteiger partial charge is 0.373 e. The fourth-order valence-electron chi connectivity index (χ4n) is 3.03. The van der Waals surface area contributed by atoms with Crippen LogP contribution in [0, 0.1) is 5.82 Å². The van der Waals surface area contributed by atoms with Crippen LogP contribution in [0.25, 0.3) is 5.69 Å². The zero-order chi connectivity index (χ0) is 18.1. The Morgan fingerprint density at radius 2 is 1.85 bits per heavy atom. The molecule has 0 aliphatic heterocycles.